The summed E-state index contributed by atoms with van der Waals surface area (Å²) in [6.45, 7) is 3.47. The number of aromatic nitrogens is 1. The molecule has 7 nitrogen and oxygen atoms in total. The second-order valence-electron chi connectivity index (χ2n) is 6.19. The summed E-state index contributed by atoms with van der Waals surface area (Å²) >= 11 is 1.66. The van der Waals surface area contributed by atoms with Gasteiger partial charge in [0.15, 0.2) is 5.96 Å². The first kappa shape index (κ1) is 22.9. The van der Waals surface area contributed by atoms with E-state index in [1.54, 1.807) is 18.4 Å². The molecule has 10 heteroatoms. The Kier molecular flexibility index (Phi) is 8.50. The number of nitrogens with one attached hydrogen (secondary N) is 2. The normalized spacial score (nSPS) is 13.8. The van der Waals surface area contributed by atoms with E-state index >= 15 is 0 Å². The van der Waals surface area contributed by atoms with Crippen LogP contribution in [0.1, 0.15) is 22.4 Å². The third kappa shape index (κ3) is 5.57. The van der Waals surface area contributed by atoms with Gasteiger partial charge in [0.05, 0.1) is 18.0 Å². The fourth-order valence-corrected chi connectivity index (χ4v) is 5.21. The molecule has 2 aromatic rings. The Labute approximate surface area is 187 Å². The average molecular weight is 535 g/mol. The summed E-state index contributed by atoms with van der Waals surface area (Å²) in [4.78, 5) is 9.75. The zero-order valence-electron chi connectivity index (χ0n) is 16.0. The van der Waals surface area contributed by atoms with Crippen molar-refractivity contribution in [3.63, 3.8) is 0 Å². The number of hydrogen-bond donors (Lipinski definition) is 2. The minimum atomic E-state index is -3.37. The molecule has 1 aliphatic heterocycles. The SMILES string of the molecule is CCc1cnc(CNC(=NC)NCCS(=O)(=O)N2CCc3ccccc32)s1.I. The van der Waals surface area contributed by atoms with Crippen LogP contribution < -0.4 is 14.9 Å². The second-order valence-corrected chi connectivity index (χ2v) is 9.41. The van der Waals surface area contributed by atoms with E-state index in [1.165, 1.54) is 9.18 Å². The van der Waals surface area contributed by atoms with Crippen LogP contribution in [0, 0.1) is 0 Å². The maximum absolute atomic E-state index is 12.7. The van der Waals surface area contributed by atoms with E-state index in [9.17, 15) is 8.42 Å². The van der Waals surface area contributed by atoms with Crippen LogP contribution in [0.3, 0.4) is 0 Å². The van der Waals surface area contributed by atoms with E-state index in [4.69, 9.17) is 0 Å². The van der Waals surface area contributed by atoms with Crippen molar-refractivity contribution in [1.82, 2.24) is 15.6 Å². The van der Waals surface area contributed by atoms with Crippen LogP contribution in [0.15, 0.2) is 35.5 Å². The number of aliphatic imine (C=N–C) groups is 1. The molecule has 154 valence electrons. The average Bonchev–Trinajstić information content (AvgIpc) is 3.31. The van der Waals surface area contributed by atoms with Crippen LogP contribution in [0.25, 0.3) is 0 Å². The van der Waals surface area contributed by atoms with Gasteiger partial charge in [0.25, 0.3) is 0 Å². The first-order chi connectivity index (χ1) is 13.0. The Balaban J connectivity index is 0.00000280. The van der Waals surface area contributed by atoms with E-state index in [2.05, 4.69) is 27.5 Å². The molecule has 2 heterocycles. The fourth-order valence-electron chi connectivity index (χ4n) is 2.98. The number of thiazole rings is 1. The van der Waals surface area contributed by atoms with Gasteiger partial charge in [0.1, 0.15) is 5.01 Å². The third-order valence-electron chi connectivity index (χ3n) is 4.41. The first-order valence-electron chi connectivity index (χ1n) is 9.00. The predicted molar refractivity (Wildman–Crippen MR) is 126 cm³/mol. The Morgan fingerprint density at radius 3 is 2.82 bits per heavy atom. The summed E-state index contributed by atoms with van der Waals surface area (Å²) in [5, 5.41) is 7.23. The number of benzene rings is 1. The summed E-state index contributed by atoms with van der Waals surface area (Å²) in [7, 11) is -1.70. The van der Waals surface area contributed by atoms with Gasteiger partial charge in [-0.2, -0.15) is 0 Å². The van der Waals surface area contributed by atoms with Crippen molar-refractivity contribution in [3.8, 4) is 0 Å². The van der Waals surface area contributed by atoms with Crippen LogP contribution >= 0.6 is 35.3 Å². The maximum Gasteiger partial charge on any atom is 0.236 e. The predicted octanol–water partition coefficient (Wildman–Crippen LogP) is 2.38. The molecule has 0 bridgehead atoms. The molecule has 28 heavy (non-hydrogen) atoms. The van der Waals surface area contributed by atoms with Crippen molar-refractivity contribution in [1.29, 1.82) is 0 Å². The minimum absolute atomic E-state index is 0. The van der Waals surface area contributed by atoms with E-state index < -0.39 is 10.0 Å². The highest BCUT2D eigenvalue weighted by Gasteiger charge is 2.28. The molecular weight excluding hydrogens is 509 g/mol. The van der Waals surface area contributed by atoms with Crippen molar-refractivity contribution in [2.45, 2.75) is 26.3 Å². The quantitative estimate of drug-likeness (QED) is 0.323. The molecular formula is C18H26IN5O2S2. The van der Waals surface area contributed by atoms with E-state index in [0.29, 0.717) is 25.6 Å². The molecule has 2 N–H and O–H groups in total. The van der Waals surface area contributed by atoms with Gasteiger partial charge in [-0.05, 0) is 24.5 Å². The van der Waals surface area contributed by atoms with E-state index in [-0.39, 0.29) is 29.7 Å². The highest BCUT2D eigenvalue weighted by Crippen LogP contribution is 2.29. The van der Waals surface area contributed by atoms with Crippen molar-refractivity contribution >= 4 is 57.0 Å². The maximum atomic E-state index is 12.7. The summed E-state index contributed by atoms with van der Waals surface area (Å²) in [5.41, 5.74) is 1.89. The first-order valence-corrected chi connectivity index (χ1v) is 11.4. The zero-order valence-corrected chi connectivity index (χ0v) is 20.0. The van der Waals surface area contributed by atoms with Crippen LogP contribution in [-0.4, -0.2) is 45.3 Å². The third-order valence-corrected chi connectivity index (χ3v) is 7.33. The number of rotatable bonds is 7. The summed E-state index contributed by atoms with van der Waals surface area (Å²) in [6.07, 6.45) is 3.63. The highest BCUT2D eigenvalue weighted by molar-refractivity contribution is 14.0. The van der Waals surface area contributed by atoms with Crippen molar-refractivity contribution < 1.29 is 8.42 Å². The number of anilines is 1. The molecule has 0 saturated carbocycles. The molecule has 1 aliphatic rings. The zero-order chi connectivity index (χ0) is 19.3. The largest absolute Gasteiger partial charge is 0.355 e. The lowest BCUT2D eigenvalue weighted by Crippen LogP contribution is -2.41. The number of nitrogens with zero attached hydrogens (tertiary/aromatic N) is 3. The molecule has 1 aromatic carbocycles. The lowest BCUT2D eigenvalue weighted by Gasteiger charge is -2.20. The van der Waals surface area contributed by atoms with Gasteiger partial charge in [-0.1, -0.05) is 25.1 Å². The summed E-state index contributed by atoms with van der Waals surface area (Å²) in [5.74, 6) is 0.583. The number of fused-ring (bicyclic) bond motifs is 1. The smallest absolute Gasteiger partial charge is 0.236 e. The molecule has 0 fully saturated rings. The summed E-state index contributed by atoms with van der Waals surface area (Å²) < 4.78 is 26.9. The lowest BCUT2D eigenvalue weighted by molar-refractivity contribution is 0.591. The molecule has 0 aliphatic carbocycles. The Hall–Kier alpha value is -1.40. The number of halogens is 1. The van der Waals surface area contributed by atoms with Crippen molar-refractivity contribution in [2.24, 2.45) is 4.99 Å². The summed E-state index contributed by atoms with van der Waals surface area (Å²) in [6, 6.07) is 7.67. The van der Waals surface area contributed by atoms with Gasteiger partial charge in [0.2, 0.25) is 10.0 Å². The van der Waals surface area contributed by atoms with Crippen LogP contribution in [0.4, 0.5) is 5.69 Å². The van der Waals surface area contributed by atoms with E-state index in [0.717, 1.165) is 29.1 Å². The molecule has 0 amide bonds. The number of hydrogen-bond acceptors (Lipinski definition) is 5. The number of guanidine groups is 1. The van der Waals surface area contributed by atoms with Gasteiger partial charge in [-0.25, -0.2) is 13.4 Å². The van der Waals surface area contributed by atoms with Crippen molar-refractivity contribution in [2.75, 3.05) is 30.2 Å². The molecule has 0 unspecified atom stereocenters. The van der Waals surface area contributed by atoms with Gasteiger partial charge in [-0.3, -0.25) is 9.30 Å². The van der Waals surface area contributed by atoms with Crippen LogP contribution in [0.2, 0.25) is 0 Å². The second kappa shape index (κ2) is 10.4. The van der Waals surface area contributed by atoms with Crippen molar-refractivity contribution in [3.05, 3.63) is 45.9 Å². The molecule has 1 aromatic heterocycles. The molecule has 3 rings (SSSR count). The molecule has 0 saturated heterocycles. The highest BCUT2D eigenvalue weighted by atomic mass is 127. The monoisotopic (exact) mass is 535 g/mol. The Morgan fingerprint density at radius 1 is 1.32 bits per heavy atom. The molecule has 0 spiro atoms. The van der Waals surface area contributed by atoms with E-state index in [1.807, 2.05) is 30.5 Å². The Morgan fingerprint density at radius 2 is 2.11 bits per heavy atom. The lowest BCUT2D eigenvalue weighted by atomic mass is 10.2. The van der Waals surface area contributed by atoms with Crippen LogP contribution in [-0.2, 0) is 29.4 Å². The number of para-hydroxylation sites is 1. The number of sulfonamides is 1. The van der Waals surface area contributed by atoms with Gasteiger partial charge >= 0.3 is 0 Å². The number of aryl methyl sites for hydroxylation is 1. The minimum Gasteiger partial charge on any atom is -0.355 e. The standard InChI is InChI=1S/C18H25N5O2S2.HI/c1-3-15-12-21-17(26-15)13-22-18(19-2)20-9-11-27(24,25)23-10-8-14-6-4-5-7-16(14)23;/h4-7,12H,3,8-11,13H2,1-2H3,(H2,19,20,22);1H. The van der Waals surface area contributed by atoms with Gasteiger partial charge < -0.3 is 10.6 Å². The molecule has 0 atom stereocenters. The molecule has 0 radical (unpaired) electrons. The van der Waals surface area contributed by atoms with Crippen LogP contribution in [0.5, 0.6) is 0 Å². The van der Waals surface area contributed by atoms with Gasteiger partial charge in [0, 0.05) is 31.2 Å². The Bertz CT molecular complexity index is 914. The fraction of sp³-hybridized carbons (Fsp3) is 0.444. The topological polar surface area (TPSA) is 86.7 Å². The van der Waals surface area contributed by atoms with Gasteiger partial charge in [-0.15, -0.1) is 35.3 Å².